The number of anilines is 1. The van der Waals surface area contributed by atoms with Gasteiger partial charge in [0.25, 0.3) is 0 Å². The van der Waals surface area contributed by atoms with Crippen molar-refractivity contribution in [3.05, 3.63) is 90.3 Å². The van der Waals surface area contributed by atoms with Gasteiger partial charge >= 0.3 is 0 Å². The van der Waals surface area contributed by atoms with Crippen molar-refractivity contribution in [3.63, 3.8) is 0 Å². The highest BCUT2D eigenvalue weighted by Gasteiger charge is 2.30. The lowest BCUT2D eigenvalue weighted by Crippen LogP contribution is -2.53. The number of aliphatic imine (C=N–C) groups is 1. The van der Waals surface area contributed by atoms with E-state index in [9.17, 15) is 0 Å². The number of rotatable bonds is 10. The highest BCUT2D eigenvalue weighted by Crippen LogP contribution is 2.39. The van der Waals surface area contributed by atoms with Crippen LogP contribution in [0.15, 0.2) is 77.5 Å². The molecule has 1 saturated heterocycles. The highest BCUT2D eigenvalue weighted by atomic mass is 32.2. The van der Waals surface area contributed by atoms with Gasteiger partial charge in [0.05, 0.1) is 22.6 Å². The predicted molar refractivity (Wildman–Crippen MR) is 180 cm³/mol. The molecule has 1 atom stereocenters. The molecule has 44 heavy (non-hydrogen) atoms. The van der Waals surface area contributed by atoms with E-state index < -0.39 is 11.6 Å². The first-order valence-electron chi connectivity index (χ1n) is 14.9. The third kappa shape index (κ3) is 7.16. The van der Waals surface area contributed by atoms with Crippen molar-refractivity contribution in [2.24, 2.45) is 10.9 Å². The molecule has 1 aliphatic rings. The van der Waals surface area contributed by atoms with Crippen LogP contribution in [0.5, 0.6) is 5.75 Å². The summed E-state index contributed by atoms with van der Waals surface area (Å²) in [6, 6.07) is 12.0. The van der Waals surface area contributed by atoms with Crippen LogP contribution in [0.1, 0.15) is 51.7 Å². The largest absolute Gasteiger partial charge is 0.461 e. The van der Waals surface area contributed by atoms with Gasteiger partial charge in [-0.2, -0.15) is 0 Å². The maximum atomic E-state index is 16.3. The Morgan fingerprint density at radius 1 is 1.14 bits per heavy atom. The van der Waals surface area contributed by atoms with Gasteiger partial charge in [0.1, 0.15) is 28.9 Å². The molecule has 0 spiro atoms. The van der Waals surface area contributed by atoms with Crippen molar-refractivity contribution in [2.45, 2.75) is 51.5 Å². The van der Waals surface area contributed by atoms with Crippen molar-refractivity contribution in [2.75, 3.05) is 38.3 Å². The second-order valence-corrected chi connectivity index (χ2v) is 12.5. The summed E-state index contributed by atoms with van der Waals surface area (Å²) in [6.45, 7) is 20.4. The number of thioether (sulfide) groups is 1. The molecule has 0 bridgehead atoms. The molecule has 1 aromatic heterocycles. The molecule has 0 amide bonds. The van der Waals surface area contributed by atoms with Crippen molar-refractivity contribution >= 4 is 29.1 Å². The van der Waals surface area contributed by atoms with Gasteiger partial charge in [-0.1, -0.05) is 59.1 Å². The molecular weight excluding hydrogens is 576 g/mol. The number of para-hydroxylation sites is 1. The Morgan fingerprint density at radius 2 is 1.86 bits per heavy atom. The lowest BCUT2D eigenvalue weighted by Gasteiger charge is -2.40. The van der Waals surface area contributed by atoms with Crippen molar-refractivity contribution in [3.8, 4) is 17.0 Å². The van der Waals surface area contributed by atoms with E-state index in [1.807, 2.05) is 26.2 Å². The summed E-state index contributed by atoms with van der Waals surface area (Å²) in [5.74, 6) is 0.329. The number of nitrogens with one attached hydrogen (secondary N) is 1. The fraction of sp³-hybridized carbons (Fsp3) is 0.371. The Bertz CT molecular complexity index is 1550. The topological polar surface area (TPSA) is 53.0 Å². The first-order chi connectivity index (χ1) is 21.0. The molecule has 0 saturated carbocycles. The van der Waals surface area contributed by atoms with Gasteiger partial charge in [0.15, 0.2) is 5.82 Å². The Balaban J connectivity index is 1.99. The minimum Gasteiger partial charge on any atom is -0.461 e. The van der Waals surface area contributed by atoms with Gasteiger partial charge in [0.2, 0.25) is 0 Å². The number of ether oxygens (including phenoxy) is 1. The van der Waals surface area contributed by atoms with E-state index >= 15 is 8.78 Å². The number of benzene rings is 2. The van der Waals surface area contributed by atoms with E-state index in [4.69, 9.17) is 9.73 Å². The Morgan fingerprint density at radius 3 is 2.50 bits per heavy atom. The molecule has 3 aromatic rings. The van der Waals surface area contributed by atoms with Crippen LogP contribution in [-0.4, -0.2) is 59.6 Å². The van der Waals surface area contributed by atoms with Gasteiger partial charge in [0, 0.05) is 36.5 Å². The van der Waals surface area contributed by atoms with Crippen LogP contribution in [0, 0.1) is 17.6 Å². The Kier molecular flexibility index (Phi) is 10.9. The molecule has 1 fully saturated rings. The smallest absolute Gasteiger partial charge is 0.150 e. The standard InChI is InChI=1S/C35H43F2N5OS/c1-10-38-34-26(19-28(37)33(39-34)31-27(36)14-12-15-29(31)43-24(7)21(2)3)35(42-18-17-41(8)20-23(42)6)40-32-25(22(4)5)13-11-16-30(32)44-9/h10-16,19,21-23H,1,7,17-18,20H2,2-6,8-9H3,(H,38,39)/b40-35+. The van der Waals surface area contributed by atoms with E-state index in [-0.39, 0.29) is 34.9 Å². The minimum absolute atomic E-state index is 0.0199. The number of pyridine rings is 1. The van der Waals surface area contributed by atoms with Gasteiger partial charge < -0.3 is 19.9 Å². The van der Waals surface area contributed by atoms with E-state index in [2.05, 4.69) is 73.2 Å². The summed E-state index contributed by atoms with van der Waals surface area (Å²) in [5.41, 5.74) is 2.14. The quantitative estimate of drug-likeness (QED) is 0.106. The van der Waals surface area contributed by atoms with Crippen molar-refractivity contribution in [1.29, 1.82) is 0 Å². The summed E-state index contributed by atoms with van der Waals surface area (Å²) >= 11 is 1.62. The number of aromatic nitrogens is 1. The third-order valence-electron chi connectivity index (χ3n) is 7.75. The number of hydrogen-bond acceptors (Lipinski definition) is 6. The minimum atomic E-state index is -0.698. The number of hydrogen-bond donors (Lipinski definition) is 1. The number of allylic oxidation sites excluding steroid dienone is 1. The third-order valence-corrected chi connectivity index (χ3v) is 8.51. The second-order valence-electron chi connectivity index (χ2n) is 11.7. The SMILES string of the molecule is C=CNc1nc(-c2c(F)cccc2OC(=C)C(C)C)c(F)cc1/C(=N\c1c(SC)cccc1C(C)C)N1CCN(C)CC1C. The van der Waals surface area contributed by atoms with E-state index in [1.54, 1.807) is 17.8 Å². The van der Waals surface area contributed by atoms with E-state index in [1.165, 1.54) is 24.4 Å². The molecule has 1 N–H and O–H groups in total. The lowest BCUT2D eigenvalue weighted by molar-refractivity contribution is 0.162. The summed E-state index contributed by atoms with van der Waals surface area (Å²) in [5, 5.41) is 3.09. The summed E-state index contributed by atoms with van der Waals surface area (Å²) in [6.07, 6.45) is 3.51. The normalized spacial score (nSPS) is 16.0. The maximum Gasteiger partial charge on any atom is 0.150 e. The van der Waals surface area contributed by atoms with Crippen LogP contribution in [0.2, 0.25) is 0 Å². The van der Waals surface area contributed by atoms with Gasteiger partial charge in [-0.25, -0.2) is 18.8 Å². The fourth-order valence-electron chi connectivity index (χ4n) is 5.25. The molecular formula is C35H43F2N5OS. The van der Waals surface area contributed by atoms with Crippen LogP contribution < -0.4 is 10.1 Å². The number of piperazine rings is 1. The van der Waals surface area contributed by atoms with Gasteiger partial charge in [-0.15, -0.1) is 11.8 Å². The van der Waals surface area contributed by atoms with Gasteiger partial charge in [-0.05, 0) is 62.2 Å². The molecule has 0 aliphatic carbocycles. The summed E-state index contributed by atoms with van der Waals surface area (Å²) in [4.78, 5) is 15.5. The van der Waals surface area contributed by atoms with Crippen LogP contribution in [0.4, 0.5) is 20.3 Å². The maximum absolute atomic E-state index is 16.3. The highest BCUT2D eigenvalue weighted by molar-refractivity contribution is 7.98. The fourth-order valence-corrected chi connectivity index (χ4v) is 5.82. The van der Waals surface area contributed by atoms with E-state index in [0.29, 0.717) is 29.5 Å². The van der Waals surface area contributed by atoms with Crippen LogP contribution >= 0.6 is 11.8 Å². The van der Waals surface area contributed by atoms with Gasteiger partial charge in [-0.3, -0.25) is 0 Å². The Hall–Kier alpha value is -3.69. The van der Waals surface area contributed by atoms with Crippen molar-refractivity contribution < 1.29 is 13.5 Å². The number of nitrogens with zero attached hydrogens (tertiary/aromatic N) is 4. The second kappa shape index (κ2) is 14.4. The van der Waals surface area contributed by atoms with Crippen LogP contribution in [-0.2, 0) is 0 Å². The zero-order valence-electron chi connectivity index (χ0n) is 26.7. The molecule has 6 nitrogen and oxygen atoms in total. The van der Waals surface area contributed by atoms with E-state index in [0.717, 1.165) is 29.2 Å². The summed E-state index contributed by atoms with van der Waals surface area (Å²) in [7, 11) is 2.09. The monoisotopic (exact) mass is 619 g/mol. The molecule has 2 heterocycles. The molecule has 1 aliphatic heterocycles. The average Bonchev–Trinajstić information content (AvgIpc) is 2.97. The zero-order chi connectivity index (χ0) is 32.1. The molecule has 1 unspecified atom stereocenters. The Labute approximate surface area is 264 Å². The van der Waals surface area contributed by atoms with Crippen LogP contribution in [0.25, 0.3) is 11.3 Å². The lowest BCUT2D eigenvalue weighted by atomic mass is 10.0. The van der Waals surface area contributed by atoms with Crippen LogP contribution in [0.3, 0.4) is 0 Å². The average molecular weight is 620 g/mol. The van der Waals surface area contributed by atoms with Crippen molar-refractivity contribution in [1.82, 2.24) is 14.8 Å². The zero-order valence-corrected chi connectivity index (χ0v) is 27.6. The molecule has 2 aromatic carbocycles. The molecule has 9 heteroatoms. The predicted octanol–water partition coefficient (Wildman–Crippen LogP) is 8.69. The molecule has 0 radical (unpaired) electrons. The first kappa shape index (κ1) is 33.2. The first-order valence-corrected chi connectivity index (χ1v) is 16.1. The number of halogens is 2. The number of likely N-dealkylation sites (N-methyl/N-ethyl adjacent to an activating group) is 1. The molecule has 234 valence electrons. The number of amidine groups is 1. The molecule has 4 rings (SSSR count). The summed E-state index contributed by atoms with van der Waals surface area (Å²) < 4.78 is 37.7.